The molecule has 0 saturated heterocycles. The number of anilines is 1. The van der Waals surface area contributed by atoms with Gasteiger partial charge in [0.05, 0.1) is 12.1 Å². The molecule has 3 aromatic rings. The molecule has 0 aliphatic rings. The van der Waals surface area contributed by atoms with Gasteiger partial charge in [-0.25, -0.2) is 9.37 Å². The minimum Gasteiger partial charge on any atom is -0.326 e. The smallest absolute Gasteiger partial charge is 0.230 e. The largest absolute Gasteiger partial charge is 0.326 e. The molecule has 2 aromatic heterocycles. The van der Waals surface area contributed by atoms with E-state index in [9.17, 15) is 9.18 Å². The van der Waals surface area contributed by atoms with Gasteiger partial charge in [0.25, 0.3) is 0 Å². The monoisotopic (exact) mass is 275 g/mol. The average molecular weight is 275 g/mol. The van der Waals surface area contributed by atoms with Crippen LogP contribution in [-0.2, 0) is 11.2 Å². The van der Waals surface area contributed by atoms with Crippen LogP contribution in [-0.4, -0.2) is 15.3 Å². The summed E-state index contributed by atoms with van der Waals surface area (Å²) in [6.07, 6.45) is 3.88. The number of carbonyl (C=O) groups is 1. The first-order chi connectivity index (χ1) is 9.20. The van der Waals surface area contributed by atoms with Gasteiger partial charge in [-0.2, -0.15) is 0 Å². The van der Waals surface area contributed by atoms with Crippen molar-refractivity contribution < 1.29 is 9.18 Å². The van der Waals surface area contributed by atoms with E-state index in [0.29, 0.717) is 11.4 Å². The first kappa shape index (κ1) is 11.9. The van der Waals surface area contributed by atoms with Gasteiger partial charge >= 0.3 is 0 Å². The molecule has 0 fully saturated rings. The van der Waals surface area contributed by atoms with E-state index < -0.39 is 0 Å². The van der Waals surface area contributed by atoms with Crippen molar-refractivity contribution in [3.05, 3.63) is 53.6 Å². The first-order valence-electron chi connectivity index (χ1n) is 5.67. The third-order valence-corrected chi connectivity index (χ3v) is 3.36. The molecule has 2 heterocycles. The maximum Gasteiger partial charge on any atom is 0.230 e. The highest BCUT2D eigenvalue weighted by molar-refractivity contribution is 7.15. The lowest BCUT2D eigenvalue weighted by Gasteiger charge is -2.03. The van der Waals surface area contributed by atoms with E-state index in [4.69, 9.17) is 0 Å². The van der Waals surface area contributed by atoms with Crippen LogP contribution in [0.1, 0.15) is 5.69 Å². The number of halogens is 1. The van der Waals surface area contributed by atoms with Gasteiger partial charge in [-0.15, -0.1) is 11.3 Å². The molecule has 0 atom stereocenters. The van der Waals surface area contributed by atoms with Crippen molar-refractivity contribution in [2.24, 2.45) is 0 Å². The Kier molecular flexibility index (Phi) is 3.00. The number of aromatic nitrogens is 2. The number of hydrogen-bond donors (Lipinski definition) is 1. The lowest BCUT2D eigenvalue weighted by atomic mass is 10.2. The zero-order valence-corrected chi connectivity index (χ0v) is 10.7. The fourth-order valence-corrected chi connectivity index (χ4v) is 2.52. The van der Waals surface area contributed by atoms with E-state index in [1.54, 1.807) is 12.1 Å². The molecular weight excluding hydrogens is 265 g/mol. The van der Waals surface area contributed by atoms with Crippen molar-refractivity contribution in [2.75, 3.05) is 5.32 Å². The average Bonchev–Trinajstić information content (AvgIpc) is 2.89. The van der Waals surface area contributed by atoms with Crippen LogP contribution in [0.4, 0.5) is 10.1 Å². The number of fused-ring (bicyclic) bond motifs is 1. The van der Waals surface area contributed by atoms with Gasteiger partial charge in [0, 0.05) is 23.5 Å². The standard InChI is InChI=1S/C13H10FN3OS/c14-9-2-1-3-10(6-9)15-12(18)7-11-8-17-4-5-19-13(17)16-11/h1-6,8H,7H2,(H,15,18). The highest BCUT2D eigenvalue weighted by Gasteiger charge is 2.08. The van der Waals surface area contributed by atoms with Crippen LogP contribution >= 0.6 is 11.3 Å². The van der Waals surface area contributed by atoms with Crippen LogP contribution in [0.25, 0.3) is 4.96 Å². The second kappa shape index (κ2) is 4.81. The van der Waals surface area contributed by atoms with Crippen molar-refractivity contribution in [3.8, 4) is 0 Å². The Hall–Kier alpha value is -2.21. The van der Waals surface area contributed by atoms with Gasteiger partial charge in [-0.05, 0) is 18.2 Å². The predicted octanol–water partition coefficient (Wildman–Crippen LogP) is 2.72. The summed E-state index contributed by atoms with van der Waals surface area (Å²) in [6, 6.07) is 5.81. The van der Waals surface area contributed by atoms with Gasteiger partial charge in [0.2, 0.25) is 5.91 Å². The molecule has 0 unspecified atom stereocenters. The number of rotatable bonds is 3. The number of thiazole rings is 1. The SMILES string of the molecule is O=C(Cc1cn2ccsc2n1)Nc1cccc(F)c1. The van der Waals surface area contributed by atoms with Gasteiger partial charge in [-0.3, -0.25) is 9.20 Å². The fourth-order valence-electron chi connectivity index (χ4n) is 1.80. The molecule has 0 aliphatic carbocycles. The minimum absolute atomic E-state index is 0.172. The second-order valence-corrected chi connectivity index (χ2v) is 4.93. The molecule has 1 N–H and O–H groups in total. The van der Waals surface area contributed by atoms with Gasteiger partial charge in [-0.1, -0.05) is 6.07 Å². The Bertz CT molecular complexity index is 706. The second-order valence-electron chi connectivity index (χ2n) is 4.06. The highest BCUT2D eigenvalue weighted by Crippen LogP contribution is 2.13. The maximum absolute atomic E-state index is 13.0. The molecule has 0 saturated carbocycles. The van der Waals surface area contributed by atoms with Gasteiger partial charge < -0.3 is 5.32 Å². The summed E-state index contributed by atoms with van der Waals surface area (Å²) in [5.41, 5.74) is 1.15. The molecular formula is C13H10FN3OS. The molecule has 3 rings (SSSR count). The number of imidazole rings is 1. The third kappa shape index (κ3) is 2.63. The molecule has 0 spiro atoms. The Morgan fingerprint density at radius 3 is 3.16 bits per heavy atom. The molecule has 0 radical (unpaired) electrons. The molecule has 0 aliphatic heterocycles. The summed E-state index contributed by atoms with van der Waals surface area (Å²) < 4.78 is 14.8. The fraction of sp³-hybridized carbons (Fsp3) is 0.0769. The topological polar surface area (TPSA) is 46.4 Å². The van der Waals surface area contributed by atoms with E-state index in [1.807, 2.05) is 22.2 Å². The van der Waals surface area contributed by atoms with Crippen LogP contribution in [0.2, 0.25) is 0 Å². The Labute approximate surface area is 112 Å². The van der Waals surface area contributed by atoms with Gasteiger partial charge in [0.1, 0.15) is 5.82 Å². The zero-order chi connectivity index (χ0) is 13.2. The van der Waals surface area contributed by atoms with Crippen molar-refractivity contribution in [1.82, 2.24) is 9.38 Å². The highest BCUT2D eigenvalue weighted by atomic mass is 32.1. The van der Waals surface area contributed by atoms with Crippen LogP contribution < -0.4 is 5.32 Å². The van der Waals surface area contributed by atoms with E-state index in [-0.39, 0.29) is 18.1 Å². The Balaban J connectivity index is 1.69. The van der Waals surface area contributed by atoms with Crippen LogP contribution in [0.5, 0.6) is 0 Å². The zero-order valence-electron chi connectivity index (χ0n) is 9.84. The Morgan fingerprint density at radius 2 is 2.37 bits per heavy atom. The number of nitrogens with one attached hydrogen (secondary N) is 1. The lowest BCUT2D eigenvalue weighted by Crippen LogP contribution is -2.14. The first-order valence-corrected chi connectivity index (χ1v) is 6.55. The summed E-state index contributed by atoms with van der Waals surface area (Å²) >= 11 is 1.51. The molecule has 96 valence electrons. The quantitative estimate of drug-likeness (QED) is 0.799. The van der Waals surface area contributed by atoms with Crippen LogP contribution in [0, 0.1) is 5.82 Å². The summed E-state index contributed by atoms with van der Waals surface area (Å²) in [5, 5.41) is 4.57. The van der Waals surface area contributed by atoms with Crippen molar-refractivity contribution >= 4 is 27.9 Å². The van der Waals surface area contributed by atoms with E-state index in [1.165, 1.54) is 23.5 Å². The summed E-state index contributed by atoms with van der Waals surface area (Å²) in [5.74, 6) is -0.586. The van der Waals surface area contributed by atoms with Crippen LogP contribution in [0.3, 0.4) is 0 Å². The summed E-state index contributed by atoms with van der Waals surface area (Å²) in [7, 11) is 0. The van der Waals surface area contributed by atoms with E-state index in [0.717, 1.165) is 4.96 Å². The number of carbonyl (C=O) groups excluding carboxylic acids is 1. The van der Waals surface area contributed by atoms with E-state index in [2.05, 4.69) is 10.3 Å². The third-order valence-electron chi connectivity index (χ3n) is 2.59. The normalized spacial score (nSPS) is 10.8. The van der Waals surface area contributed by atoms with Crippen molar-refractivity contribution in [1.29, 1.82) is 0 Å². The molecule has 6 heteroatoms. The van der Waals surface area contributed by atoms with Crippen molar-refractivity contribution in [3.63, 3.8) is 0 Å². The number of benzene rings is 1. The molecule has 4 nitrogen and oxygen atoms in total. The van der Waals surface area contributed by atoms with Crippen LogP contribution in [0.15, 0.2) is 42.0 Å². The molecule has 0 bridgehead atoms. The number of nitrogens with zero attached hydrogens (tertiary/aromatic N) is 2. The minimum atomic E-state index is -0.375. The molecule has 1 amide bonds. The maximum atomic E-state index is 13.0. The number of hydrogen-bond acceptors (Lipinski definition) is 3. The summed E-state index contributed by atoms with van der Waals surface area (Å²) in [6.45, 7) is 0. The Morgan fingerprint density at radius 1 is 1.47 bits per heavy atom. The van der Waals surface area contributed by atoms with Gasteiger partial charge in [0.15, 0.2) is 4.96 Å². The molecule has 1 aromatic carbocycles. The predicted molar refractivity (Wildman–Crippen MR) is 71.8 cm³/mol. The number of amides is 1. The van der Waals surface area contributed by atoms with Crippen molar-refractivity contribution in [2.45, 2.75) is 6.42 Å². The summed E-state index contributed by atoms with van der Waals surface area (Å²) in [4.78, 5) is 17.0. The molecule has 19 heavy (non-hydrogen) atoms. The van der Waals surface area contributed by atoms with E-state index >= 15 is 0 Å². The lowest BCUT2D eigenvalue weighted by molar-refractivity contribution is -0.115.